The van der Waals surface area contributed by atoms with Crippen LogP contribution in [0, 0.1) is 0 Å². The zero-order valence-electron chi connectivity index (χ0n) is 15.2. The summed E-state index contributed by atoms with van der Waals surface area (Å²) in [4.78, 5) is 18.4. The van der Waals surface area contributed by atoms with E-state index in [1.165, 1.54) is 11.8 Å². The van der Waals surface area contributed by atoms with Crippen molar-refractivity contribution in [1.82, 2.24) is 20.1 Å². The molecule has 7 nitrogen and oxygen atoms in total. The Morgan fingerprint density at radius 2 is 2.04 bits per heavy atom. The number of para-hydroxylation sites is 1. The molecular weight excluding hydrogens is 364 g/mol. The average Bonchev–Trinajstić information content (AvgIpc) is 3.02. The van der Waals surface area contributed by atoms with Gasteiger partial charge in [-0.3, -0.25) is 9.48 Å². The van der Waals surface area contributed by atoms with Crippen molar-refractivity contribution in [1.29, 1.82) is 0 Å². The van der Waals surface area contributed by atoms with Gasteiger partial charge in [-0.2, -0.15) is 5.10 Å². The second-order valence-electron chi connectivity index (χ2n) is 6.46. The molecule has 0 fully saturated rings. The summed E-state index contributed by atoms with van der Waals surface area (Å²) in [5.41, 5.74) is 6.34. The third-order valence-electron chi connectivity index (χ3n) is 4.71. The fourth-order valence-corrected chi connectivity index (χ4v) is 3.68. The lowest BCUT2D eigenvalue weighted by molar-refractivity contribution is 0.0963. The van der Waals surface area contributed by atoms with E-state index in [0.29, 0.717) is 16.4 Å². The summed E-state index contributed by atoms with van der Waals surface area (Å²) < 4.78 is 1.89. The number of hydrogen-bond donors (Lipinski definition) is 2. The van der Waals surface area contributed by atoms with Crippen LogP contribution in [0.15, 0.2) is 36.7 Å². The lowest BCUT2D eigenvalue weighted by Gasteiger charge is -2.30. The van der Waals surface area contributed by atoms with Crippen LogP contribution >= 0.6 is 11.6 Å². The first kappa shape index (κ1) is 17.4. The Morgan fingerprint density at radius 1 is 1.22 bits per heavy atom. The number of carbonyl (C=O) groups excluding carboxylic acids is 1. The Morgan fingerprint density at radius 3 is 2.81 bits per heavy atom. The minimum Gasteiger partial charge on any atom is -0.368 e. The van der Waals surface area contributed by atoms with Gasteiger partial charge in [0.25, 0.3) is 5.91 Å². The molecule has 0 spiro atoms. The zero-order chi connectivity index (χ0) is 19.1. The van der Waals surface area contributed by atoms with Crippen LogP contribution < -0.4 is 15.5 Å². The number of carbonyl (C=O) groups is 1. The molecule has 0 saturated heterocycles. The molecular formula is C19H19ClN6O. The molecule has 2 N–H and O–H groups in total. The Bertz CT molecular complexity index is 1040. The number of hydrogen-bond acceptors (Lipinski definition) is 5. The van der Waals surface area contributed by atoms with E-state index in [1.807, 2.05) is 37.1 Å². The summed E-state index contributed by atoms with van der Waals surface area (Å²) in [5, 5.41) is 10.7. The number of halogens is 1. The Balaban J connectivity index is 1.84. The van der Waals surface area contributed by atoms with E-state index in [1.54, 1.807) is 13.1 Å². The third-order valence-corrected chi connectivity index (χ3v) is 4.91. The number of amides is 1. The molecule has 0 unspecified atom stereocenters. The maximum atomic E-state index is 12.2. The molecule has 27 heavy (non-hydrogen) atoms. The third kappa shape index (κ3) is 2.90. The fraction of sp³-hybridized carbons (Fsp3) is 0.211. The summed E-state index contributed by atoms with van der Waals surface area (Å²) >= 11 is 6.07. The molecule has 1 aromatic carbocycles. The molecule has 1 amide bonds. The van der Waals surface area contributed by atoms with E-state index >= 15 is 0 Å². The molecule has 3 heterocycles. The highest BCUT2D eigenvalue weighted by atomic mass is 35.5. The van der Waals surface area contributed by atoms with Crippen molar-refractivity contribution in [3.8, 4) is 11.3 Å². The second kappa shape index (κ2) is 6.59. The van der Waals surface area contributed by atoms with Crippen molar-refractivity contribution < 1.29 is 4.79 Å². The van der Waals surface area contributed by atoms with Crippen LogP contribution in [0.2, 0.25) is 5.15 Å². The highest BCUT2D eigenvalue weighted by Gasteiger charge is 2.26. The van der Waals surface area contributed by atoms with E-state index in [-0.39, 0.29) is 5.91 Å². The average molecular weight is 383 g/mol. The van der Waals surface area contributed by atoms with Gasteiger partial charge in [0.05, 0.1) is 34.5 Å². The fourth-order valence-electron chi connectivity index (χ4n) is 3.52. The molecule has 1 aliphatic rings. The van der Waals surface area contributed by atoms with Crippen LogP contribution in [0.4, 0.5) is 17.1 Å². The predicted molar refractivity (Wildman–Crippen MR) is 107 cm³/mol. The molecule has 0 saturated carbocycles. The summed E-state index contributed by atoms with van der Waals surface area (Å²) in [6.45, 7) is 0.758. The van der Waals surface area contributed by atoms with Crippen molar-refractivity contribution in [2.24, 2.45) is 7.05 Å². The van der Waals surface area contributed by atoms with E-state index in [0.717, 1.165) is 29.2 Å². The predicted octanol–water partition coefficient (Wildman–Crippen LogP) is 3.19. The van der Waals surface area contributed by atoms with Crippen molar-refractivity contribution >= 4 is 34.6 Å². The molecule has 0 atom stereocenters. The van der Waals surface area contributed by atoms with Gasteiger partial charge >= 0.3 is 0 Å². The molecule has 8 heteroatoms. The lowest BCUT2D eigenvalue weighted by atomic mass is 9.99. The first-order valence-electron chi connectivity index (χ1n) is 8.49. The standard InChI is InChI=1S/C19H19ClN6O/c1-21-19(27)13-9-22-16(20)7-15(13)24-14-6-4-5-12-17-11(8-23-26(17)3)10-25(2)18(12)14/h4-9H,10H2,1-3H3,(H,21,27)(H,22,24). The number of fused-ring (bicyclic) bond motifs is 3. The normalized spacial score (nSPS) is 12.4. The van der Waals surface area contributed by atoms with E-state index in [2.05, 4.69) is 31.7 Å². The topological polar surface area (TPSA) is 75.1 Å². The number of aromatic nitrogens is 3. The summed E-state index contributed by atoms with van der Waals surface area (Å²) in [7, 11) is 5.57. The molecule has 138 valence electrons. The first-order chi connectivity index (χ1) is 13.0. The molecule has 3 aromatic rings. The number of aryl methyl sites for hydroxylation is 1. The van der Waals surface area contributed by atoms with Gasteiger partial charge in [0.1, 0.15) is 5.15 Å². The molecule has 0 radical (unpaired) electrons. The first-order valence-corrected chi connectivity index (χ1v) is 8.87. The number of nitrogens with zero attached hydrogens (tertiary/aromatic N) is 4. The van der Waals surface area contributed by atoms with Crippen molar-refractivity contribution in [2.75, 3.05) is 24.3 Å². The Labute approximate surface area is 162 Å². The number of benzene rings is 1. The maximum Gasteiger partial charge on any atom is 0.254 e. The molecule has 4 rings (SSSR count). The van der Waals surface area contributed by atoms with Gasteiger partial charge in [0.15, 0.2) is 0 Å². The number of nitrogens with one attached hydrogen (secondary N) is 2. The summed E-state index contributed by atoms with van der Waals surface area (Å²) in [6, 6.07) is 7.71. The van der Waals surface area contributed by atoms with E-state index in [4.69, 9.17) is 11.6 Å². The summed E-state index contributed by atoms with van der Waals surface area (Å²) in [6.07, 6.45) is 3.38. The highest BCUT2D eigenvalue weighted by Crippen LogP contribution is 2.43. The quantitative estimate of drug-likeness (QED) is 0.680. The minimum atomic E-state index is -0.228. The van der Waals surface area contributed by atoms with Crippen LogP contribution in [0.1, 0.15) is 15.9 Å². The van der Waals surface area contributed by atoms with Crippen LogP contribution in [0.3, 0.4) is 0 Å². The SMILES string of the molecule is CNC(=O)c1cnc(Cl)cc1Nc1cccc2c1N(C)Cc1cnn(C)c1-2. The van der Waals surface area contributed by atoms with Crippen molar-refractivity contribution in [2.45, 2.75) is 6.54 Å². The van der Waals surface area contributed by atoms with Gasteiger partial charge in [0, 0.05) is 45.0 Å². The lowest BCUT2D eigenvalue weighted by Crippen LogP contribution is -2.23. The van der Waals surface area contributed by atoms with Crippen LogP contribution in [-0.4, -0.2) is 34.8 Å². The zero-order valence-corrected chi connectivity index (χ0v) is 16.0. The van der Waals surface area contributed by atoms with Crippen LogP contribution in [0.25, 0.3) is 11.3 Å². The largest absolute Gasteiger partial charge is 0.368 e. The van der Waals surface area contributed by atoms with Gasteiger partial charge in [-0.25, -0.2) is 4.98 Å². The molecule has 0 bridgehead atoms. The van der Waals surface area contributed by atoms with Gasteiger partial charge in [-0.05, 0) is 12.1 Å². The van der Waals surface area contributed by atoms with Crippen LogP contribution in [0.5, 0.6) is 0 Å². The number of anilines is 3. The maximum absolute atomic E-state index is 12.2. The van der Waals surface area contributed by atoms with Gasteiger partial charge < -0.3 is 15.5 Å². The van der Waals surface area contributed by atoms with E-state index < -0.39 is 0 Å². The number of rotatable bonds is 3. The minimum absolute atomic E-state index is 0.228. The molecule has 1 aliphatic heterocycles. The summed E-state index contributed by atoms with van der Waals surface area (Å²) in [5.74, 6) is -0.228. The van der Waals surface area contributed by atoms with Gasteiger partial charge in [0.2, 0.25) is 0 Å². The molecule has 0 aliphatic carbocycles. The van der Waals surface area contributed by atoms with E-state index in [9.17, 15) is 4.79 Å². The second-order valence-corrected chi connectivity index (χ2v) is 6.84. The number of pyridine rings is 1. The Hall–Kier alpha value is -3.06. The smallest absolute Gasteiger partial charge is 0.254 e. The van der Waals surface area contributed by atoms with Gasteiger partial charge in [-0.1, -0.05) is 23.7 Å². The van der Waals surface area contributed by atoms with Gasteiger partial charge in [-0.15, -0.1) is 0 Å². The molecule has 2 aromatic heterocycles. The van der Waals surface area contributed by atoms with Crippen molar-refractivity contribution in [3.05, 3.63) is 52.9 Å². The Kier molecular flexibility index (Phi) is 4.24. The van der Waals surface area contributed by atoms with Crippen LogP contribution in [-0.2, 0) is 13.6 Å². The van der Waals surface area contributed by atoms with Crippen molar-refractivity contribution in [3.63, 3.8) is 0 Å². The monoisotopic (exact) mass is 382 g/mol. The highest BCUT2D eigenvalue weighted by molar-refractivity contribution is 6.29.